The van der Waals surface area contributed by atoms with Crippen molar-refractivity contribution in [3.63, 3.8) is 0 Å². The molecule has 27 heavy (non-hydrogen) atoms. The molecule has 2 aromatic carbocycles. The Morgan fingerprint density at radius 1 is 1.07 bits per heavy atom. The van der Waals surface area contributed by atoms with Crippen molar-refractivity contribution in [3.05, 3.63) is 65.2 Å². The molecule has 0 saturated carbocycles. The molecule has 5 heteroatoms. The molecular weight excluding hydrogens is 340 g/mol. The molecule has 1 N–H and O–H groups in total. The van der Waals surface area contributed by atoms with Crippen molar-refractivity contribution in [2.24, 2.45) is 0 Å². The van der Waals surface area contributed by atoms with Gasteiger partial charge in [-0.25, -0.2) is 0 Å². The maximum atomic E-state index is 12.1. The molecule has 0 aliphatic carbocycles. The molecule has 0 radical (unpaired) electrons. The van der Waals surface area contributed by atoms with Gasteiger partial charge in [-0.3, -0.25) is 9.59 Å². The highest BCUT2D eigenvalue weighted by molar-refractivity contribution is 5.78. The van der Waals surface area contributed by atoms with Gasteiger partial charge in [-0.05, 0) is 36.6 Å². The van der Waals surface area contributed by atoms with Crippen molar-refractivity contribution < 1.29 is 14.3 Å². The number of hydrogen-bond donors (Lipinski definition) is 1. The highest BCUT2D eigenvalue weighted by Crippen LogP contribution is 2.11. The predicted molar refractivity (Wildman–Crippen MR) is 107 cm³/mol. The minimum atomic E-state index is -0.0426. The Bertz CT molecular complexity index is 756. The van der Waals surface area contributed by atoms with E-state index in [4.69, 9.17) is 4.74 Å². The Morgan fingerprint density at radius 2 is 1.81 bits per heavy atom. The number of carbonyl (C=O) groups excluding carboxylic acids is 2. The maximum absolute atomic E-state index is 12.1. The summed E-state index contributed by atoms with van der Waals surface area (Å²) in [5, 5.41) is 2.92. The minimum absolute atomic E-state index is 0.0254. The molecule has 0 saturated heterocycles. The van der Waals surface area contributed by atoms with E-state index in [-0.39, 0.29) is 11.8 Å². The van der Waals surface area contributed by atoms with Crippen LogP contribution < -0.4 is 10.1 Å². The van der Waals surface area contributed by atoms with Gasteiger partial charge in [0.05, 0.1) is 7.11 Å². The lowest BCUT2D eigenvalue weighted by atomic mass is 10.1. The maximum Gasteiger partial charge on any atom is 0.221 e. The number of ether oxygens (including phenoxy) is 1. The zero-order valence-corrected chi connectivity index (χ0v) is 16.3. The second kappa shape index (κ2) is 10.4. The summed E-state index contributed by atoms with van der Waals surface area (Å²) < 4.78 is 5.13. The lowest BCUT2D eigenvalue weighted by molar-refractivity contribution is -0.130. The summed E-state index contributed by atoms with van der Waals surface area (Å²) in [6.45, 7) is 5.08. The van der Waals surface area contributed by atoms with Gasteiger partial charge in [0.15, 0.2) is 0 Å². The van der Waals surface area contributed by atoms with Gasteiger partial charge in [0.1, 0.15) is 5.75 Å². The molecule has 0 atom stereocenters. The number of nitrogens with zero attached hydrogens (tertiary/aromatic N) is 1. The number of methoxy groups -OCH3 is 1. The van der Waals surface area contributed by atoms with Crippen LogP contribution in [0, 0.1) is 6.92 Å². The van der Waals surface area contributed by atoms with Crippen molar-refractivity contribution in [2.45, 2.75) is 33.2 Å². The number of amides is 2. The fourth-order valence-corrected chi connectivity index (χ4v) is 2.84. The van der Waals surface area contributed by atoms with E-state index in [1.807, 2.05) is 49.4 Å². The lowest BCUT2D eigenvalue weighted by Crippen LogP contribution is -2.34. The smallest absolute Gasteiger partial charge is 0.221 e. The van der Waals surface area contributed by atoms with Gasteiger partial charge in [0.25, 0.3) is 0 Å². The number of benzene rings is 2. The van der Waals surface area contributed by atoms with E-state index in [0.29, 0.717) is 26.1 Å². The average Bonchev–Trinajstić information content (AvgIpc) is 2.65. The zero-order chi connectivity index (χ0) is 19.6. The number of carbonyl (C=O) groups is 2. The third-order valence-corrected chi connectivity index (χ3v) is 4.40. The summed E-state index contributed by atoms with van der Waals surface area (Å²) in [5.74, 6) is 0.752. The molecule has 0 spiro atoms. The van der Waals surface area contributed by atoms with Crippen LogP contribution in [0.4, 0.5) is 0 Å². The lowest BCUT2D eigenvalue weighted by Gasteiger charge is -2.21. The normalized spacial score (nSPS) is 10.3. The minimum Gasteiger partial charge on any atom is -0.497 e. The zero-order valence-electron chi connectivity index (χ0n) is 16.3. The second-order valence-corrected chi connectivity index (χ2v) is 6.63. The number of nitrogens with one attached hydrogen (secondary N) is 1. The van der Waals surface area contributed by atoms with E-state index >= 15 is 0 Å². The van der Waals surface area contributed by atoms with Crippen LogP contribution in [0.5, 0.6) is 5.75 Å². The Balaban J connectivity index is 1.75. The Hall–Kier alpha value is -2.82. The van der Waals surface area contributed by atoms with Gasteiger partial charge in [-0.15, -0.1) is 0 Å². The Morgan fingerprint density at radius 3 is 2.44 bits per heavy atom. The summed E-state index contributed by atoms with van der Waals surface area (Å²) in [6, 6.07) is 15.9. The third kappa shape index (κ3) is 7.13. The largest absolute Gasteiger partial charge is 0.497 e. The summed E-state index contributed by atoms with van der Waals surface area (Å²) in [5.41, 5.74) is 3.37. The molecule has 2 amide bonds. The van der Waals surface area contributed by atoms with E-state index in [1.54, 1.807) is 12.0 Å². The SMILES string of the molecule is COc1ccc(CCNC(=O)CCN(Cc2cccc(C)c2)C(C)=O)cc1. The van der Waals surface area contributed by atoms with Crippen LogP contribution in [0.3, 0.4) is 0 Å². The van der Waals surface area contributed by atoms with E-state index in [9.17, 15) is 9.59 Å². The molecule has 2 rings (SSSR count). The first kappa shape index (κ1) is 20.5. The van der Waals surface area contributed by atoms with Gasteiger partial charge >= 0.3 is 0 Å². The van der Waals surface area contributed by atoms with Crippen LogP contribution in [0.15, 0.2) is 48.5 Å². The predicted octanol–water partition coefficient (Wildman–Crippen LogP) is 3.10. The Labute approximate surface area is 161 Å². The summed E-state index contributed by atoms with van der Waals surface area (Å²) >= 11 is 0. The molecule has 144 valence electrons. The third-order valence-electron chi connectivity index (χ3n) is 4.40. The first-order valence-electron chi connectivity index (χ1n) is 9.18. The average molecular weight is 368 g/mol. The summed E-state index contributed by atoms with van der Waals surface area (Å²) in [4.78, 5) is 25.7. The summed E-state index contributed by atoms with van der Waals surface area (Å²) in [6.07, 6.45) is 1.06. The van der Waals surface area contributed by atoms with Crippen LogP contribution in [-0.2, 0) is 22.6 Å². The van der Waals surface area contributed by atoms with Gasteiger partial charge in [0, 0.05) is 33.0 Å². The Kier molecular flexibility index (Phi) is 7.86. The van der Waals surface area contributed by atoms with Crippen molar-refractivity contribution in [2.75, 3.05) is 20.2 Å². The van der Waals surface area contributed by atoms with Gasteiger partial charge in [-0.1, -0.05) is 42.0 Å². The van der Waals surface area contributed by atoms with E-state index in [0.717, 1.165) is 28.9 Å². The first-order valence-corrected chi connectivity index (χ1v) is 9.18. The van der Waals surface area contributed by atoms with Crippen molar-refractivity contribution in [3.8, 4) is 5.75 Å². The molecule has 0 aromatic heterocycles. The van der Waals surface area contributed by atoms with Crippen LogP contribution in [-0.4, -0.2) is 36.9 Å². The van der Waals surface area contributed by atoms with Crippen molar-refractivity contribution >= 4 is 11.8 Å². The number of rotatable bonds is 9. The van der Waals surface area contributed by atoms with E-state index < -0.39 is 0 Å². The van der Waals surface area contributed by atoms with E-state index in [1.165, 1.54) is 6.92 Å². The second-order valence-electron chi connectivity index (χ2n) is 6.63. The molecular formula is C22H28N2O3. The summed E-state index contributed by atoms with van der Waals surface area (Å²) in [7, 11) is 1.64. The fourth-order valence-electron chi connectivity index (χ4n) is 2.84. The van der Waals surface area contributed by atoms with Crippen LogP contribution in [0.2, 0.25) is 0 Å². The van der Waals surface area contributed by atoms with Gasteiger partial charge < -0.3 is 15.0 Å². The highest BCUT2D eigenvalue weighted by Gasteiger charge is 2.12. The van der Waals surface area contributed by atoms with E-state index in [2.05, 4.69) is 11.4 Å². The van der Waals surface area contributed by atoms with Gasteiger partial charge in [0.2, 0.25) is 11.8 Å². The molecule has 0 unspecified atom stereocenters. The standard InChI is InChI=1S/C22H28N2O3/c1-17-5-4-6-20(15-17)16-24(18(2)25)14-12-22(26)23-13-11-19-7-9-21(27-3)10-8-19/h4-10,15H,11-14,16H2,1-3H3,(H,23,26). The topological polar surface area (TPSA) is 58.6 Å². The van der Waals surface area contributed by atoms with Crippen LogP contribution >= 0.6 is 0 Å². The van der Waals surface area contributed by atoms with Crippen LogP contribution in [0.25, 0.3) is 0 Å². The quantitative estimate of drug-likeness (QED) is 0.740. The van der Waals surface area contributed by atoms with Crippen LogP contribution in [0.1, 0.15) is 30.0 Å². The van der Waals surface area contributed by atoms with Crippen molar-refractivity contribution in [1.82, 2.24) is 10.2 Å². The molecule has 2 aromatic rings. The molecule has 5 nitrogen and oxygen atoms in total. The molecule has 0 bridgehead atoms. The monoisotopic (exact) mass is 368 g/mol. The number of hydrogen-bond acceptors (Lipinski definition) is 3. The fraction of sp³-hybridized carbons (Fsp3) is 0.364. The molecule has 0 fully saturated rings. The highest BCUT2D eigenvalue weighted by atomic mass is 16.5. The first-order chi connectivity index (χ1) is 13.0. The number of aryl methyl sites for hydroxylation is 1. The van der Waals surface area contributed by atoms with Gasteiger partial charge in [-0.2, -0.15) is 0 Å². The van der Waals surface area contributed by atoms with Crippen molar-refractivity contribution in [1.29, 1.82) is 0 Å². The molecule has 0 aliphatic heterocycles. The molecule has 0 heterocycles. The molecule has 0 aliphatic rings.